The van der Waals surface area contributed by atoms with Gasteiger partial charge in [-0.3, -0.25) is 9.59 Å². The van der Waals surface area contributed by atoms with E-state index in [9.17, 15) is 9.59 Å². The minimum absolute atomic E-state index is 0.0562. The number of nitrogens with zero attached hydrogens (tertiary/aromatic N) is 2. The molecule has 0 aliphatic rings. The molecule has 0 bridgehead atoms. The number of hydrogen-bond donors (Lipinski definition) is 0. The van der Waals surface area contributed by atoms with E-state index in [1.54, 1.807) is 9.80 Å². The summed E-state index contributed by atoms with van der Waals surface area (Å²) in [4.78, 5) is 28.1. The van der Waals surface area contributed by atoms with Crippen molar-refractivity contribution in [3.05, 3.63) is 59.7 Å². The van der Waals surface area contributed by atoms with Crippen LogP contribution in [-0.4, -0.2) is 84.5 Å². The van der Waals surface area contributed by atoms with E-state index in [4.69, 9.17) is 55.9 Å². The Morgan fingerprint density at radius 3 is 1.15 bits per heavy atom. The highest BCUT2D eigenvalue weighted by atomic mass is 35.5. The third-order valence-corrected chi connectivity index (χ3v) is 7.51. The maximum atomic E-state index is 12.4. The van der Waals surface area contributed by atoms with Crippen molar-refractivity contribution >= 4 is 58.2 Å². The molecule has 0 radical (unpaired) electrons. The van der Waals surface area contributed by atoms with Crippen molar-refractivity contribution in [2.75, 3.05) is 62.9 Å². The van der Waals surface area contributed by atoms with E-state index >= 15 is 0 Å². The first-order valence-electron chi connectivity index (χ1n) is 13.7. The summed E-state index contributed by atoms with van der Waals surface area (Å²) in [7, 11) is 0. The summed E-state index contributed by atoms with van der Waals surface area (Å²) in [5.74, 6) is 3.03. The van der Waals surface area contributed by atoms with Gasteiger partial charge < -0.3 is 19.3 Å². The van der Waals surface area contributed by atoms with Crippen LogP contribution in [0.15, 0.2) is 48.5 Å². The zero-order chi connectivity index (χ0) is 29.3. The normalized spacial score (nSPS) is 12.4. The van der Waals surface area contributed by atoms with Gasteiger partial charge in [-0.2, -0.15) is 0 Å². The molecule has 10 heteroatoms. The Morgan fingerprint density at radius 2 is 0.900 bits per heavy atom. The zero-order valence-corrected chi connectivity index (χ0v) is 26.3. The molecule has 0 spiro atoms. The maximum Gasteiger partial charge on any atom is 0.260 e. The number of benzene rings is 2. The number of carbonyl (C=O) groups excluding carboxylic acids is 2. The Hall–Kier alpha value is -1.86. The second-order valence-electron chi connectivity index (χ2n) is 9.26. The van der Waals surface area contributed by atoms with Crippen LogP contribution in [0.1, 0.15) is 49.7 Å². The summed E-state index contributed by atoms with van der Waals surface area (Å²) in [5, 5.41) is 0. The van der Waals surface area contributed by atoms with Crippen molar-refractivity contribution in [2.24, 2.45) is 0 Å². The predicted octanol–water partition coefficient (Wildman–Crippen LogP) is 6.74. The number of alkyl halides is 4. The van der Waals surface area contributed by atoms with Crippen molar-refractivity contribution in [1.29, 1.82) is 0 Å². The van der Waals surface area contributed by atoms with Crippen molar-refractivity contribution < 1.29 is 19.1 Å². The second kappa shape index (κ2) is 19.3. The Bertz CT molecular complexity index is 914. The standard InChI is InChI=1S/C30H40Cl4N2O4/c1-3-27(23-5-9-25(10-6-23)39-21-29(37)35(17-13-31)18-14-32)28(4-2)24-7-11-26(12-8-24)40-22-30(38)36(19-15-33)20-16-34/h5-12,27-28H,3-4,13-22H2,1-2H3. The molecule has 6 nitrogen and oxygen atoms in total. The van der Waals surface area contributed by atoms with Crippen LogP contribution >= 0.6 is 46.4 Å². The van der Waals surface area contributed by atoms with Gasteiger partial charge >= 0.3 is 0 Å². The summed E-state index contributed by atoms with van der Waals surface area (Å²) in [6, 6.07) is 15.9. The average molecular weight is 634 g/mol. The Labute approximate surface area is 258 Å². The fourth-order valence-corrected chi connectivity index (χ4v) is 5.55. The van der Waals surface area contributed by atoms with E-state index in [-0.39, 0.29) is 25.0 Å². The predicted molar refractivity (Wildman–Crippen MR) is 166 cm³/mol. The fraction of sp³-hybridized carbons (Fsp3) is 0.533. The van der Waals surface area contributed by atoms with Crippen molar-refractivity contribution in [3.63, 3.8) is 0 Å². The molecule has 0 fully saturated rings. The van der Waals surface area contributed by atoms with Crippen LogP contribution in [0.5, 0.6) is 11.5 Å². The average Bonchev–Trinajstić information content (AvgIpc) is 2.98. The van der Waals surface area contributed by atoms with Gasteiger partial charge in [0, 0.05) is 49.7 Å². The van der Waals surface area contributed by atoms with Gasteiger partial charge in [0.05, 0.1) is 0 Å². The Morgan fingerprint density at radius 1 is 0.600 bits per heavy atom. The SMILES string of the molecule is CCC(c1ccc(OCC(=O)N(CCCl)CCCl)cc1)C(CC)c1ccc(OCC(=O)N(CCCl)CCCl)cc1. The zero-order valence-electron chi connectivity index (χ0n) is 23.3. The molecular weight excluding hydrogens is 594 g/mol. The van der Waals surface area contributed by atoms with Crippen molar-refractivity contribution in [1.82, 2.24) is 9.80 Å². The minimum atomic E-state index is -0.137. The van der Waals surface area contributed by atoms with Gasteiger partial charge in [-0.1, -0.05) is 38.1 Å². The lowest BCUT2D eigenvalue weighted by molar-refractivity contribution is -0.133. The van der Waals surface area contributed by atoms with Gasteiger partial charge in [-0.15, -0.1) is 46.4 Å². The van der Waals surface area contributed by atoms with E-state index in [1.165, 1.54) is 11.1 Å². The summed E-state index contributed by atoms with van der Waals surface area (Å²) in [6.07, 6.45) is 1.93. The van der Waals surface area contributed by atoms with Crippen LogP contribution in [0.25, 0.3) is 0 Å². The van der Waals surface area contributed by atoms with E-state index in [0.717, 1.165) is 12.8 Å². The van der Waals surface area contributed by atoms with Crippen LogP contribution in [-0.2, 0) is 9.59 Å². The first-order chi connectivity index (χ1) is 19.4. The summed E-state index contributed by atoms with van der Waals surface area (Å²) >= 11 is 23.2. The molecule has 0 N–H and O–H groups in total. The molecule has 2 aromatic carbocycles. The molecule has 2 amide bonds. The monoisotopic (exact) mass is 632 g/mol. The van der Waals surface area contributed by atoms with Crippen molar-refractivity contribution in [2.45, 2.75) is 38.5 Å². The Kier molecular flexibility index (Phi) is 16.6. The lowest BCUT2D eigenvalue weighted by atomic mass is 9.78. The quantitative estimate of drug-likeness (QED) is 0.161. The topological polar surface area (TPSA) is 59.1 Å². The number of rotatable bonds is 19. The largest absolute Gasteiger partial charge is 0.484 e. The lowest BCUT2D eigenvalue weighted by Crippen LogP contribution is -2.37. The fourth-order valence-electron chi connectivity index (χ4n) is 4.73. The van der Waals surface area contributed by atoms with Crippen LogP contribution in [0, 0.1) is 0 Å². The van der Waals surface area contributed by atoms with Gasteiger partial charge in [0.15, 0.2) is 13.2 Å². The molecule has 0 aliphatic carbocycles. The maximum absolute atomic E-state index is 12.4. The number of halogens is 4. The summed E-state index contributed by atoms with van der Waals surface area (Å²) in [5.41, 5.74) is 2.42. The summed E-state index contributed by atoms with van der Waals surface area (Å²) < 4.78 is 11.5. The van der Waals surface area contributed by atoms with E-state index in [2.05, 4.69) is 38.1 Å². The van der Waals surface area contributed by atoms with Crippen LogP contribution in [0.4, 0.5) is 0 Å². The first-order valence-corrected chi connectivity index (χ1v) is 15.8. The van der Waals surface area contributed by atoms with Crippen LogP contribution in [0.3, 0.4) is 0 Å². The smallest absolute Gasteiger partial charge is 0.260 e. The molecule has 0 heterocycles. The molecule has 222 valence electrons. The van der Waals surface area contributed by atoms with Gasteiger partial charge in [0.2, 0.25) is 0 Å². The molecule has 2 rings (SSSR count). The highest BCUT2D eigenvalue weighted by molar-refractivity contribution is 6.19. The van der Waals surface area contributed by atoms with Gasteiger partial charge in [0.1, 0.15) is 11.5 Å². The number of carbonyl (C=O) groups is 2. The van der Waals surface area contributed by atoms with Gasteiger partial charge in [-0.05, 0) is 60.1 Å². The minimum Gasteiger partial charge on any atom is -0.484 e. The lowest BCUT2D eigenvalue weighted by Gasteiger charge is -2.27. The number of hydrogen-bond acceptors (Lipinski definition) is 4. The molecule has 40 heavy (non-hydrogen) atoms. The van der Waals surface area contributed by atoms with E-state index < -0.39 is 0 Å². The summed E-state index contributed by atoms with van der Waals surface area (Å²) in [6.45, 7) is 6.04. The Balaban J connectivity index is 2.02. The highest BCUT2D eigenvalue weighted by Gasteiger charge is 2.23. The molecule has 0 saturated carbocycles. The number of ether oxygens (including phenoxy) is 2. The van der Waals surface area contributed by atoms with Gasteiger partial charge in [0.25, 0.3) is 11.8 Å². The molecule has 2 unspecified atom stereocenters. The molecule has 0 aromatic heterocycles. The highest BCUT2D eigenvalue weighted by Crippen LogP contribution is 2.39. The van der Waals surface area contributed by atoms with Gasteiger partial charge in [-0.25, -0.2) is 0 Å². The molecule has 2 aromatic rings. The first kappa shape index (κ1) is 34.3. The van der Waals surface area contributed by atoms with E-state index in [1.807, 2.05) is 24.3 Å². The second-order valence-corrected chi connectivity index (χ2v) is 10.8. The number of amides is 2. The van der Waals surface area contributed by atoms with Crippen LogP contribution < -0.4 is 9.47 Å². The molecular formula is C30H40Cl4N2O4. The molecule has 0 aliphatic heterocycles. The third-order valence-electron chi connectivity index (χ3n) is 6.83. The third kappa shape index (κ3) is 10.8. The van der Waals surface area contributed by atoms with Crippen molar-refractivity contribution in [3.8, 4) is 11.5 Å². The molecule has 0 saturated heterocycles. The van der Waals surface area contributed by atoms with Crippen LogP contribution in [0.2, 0.25) is 0 Å². The van der Waals surface area contributed by atoms with E-state index in [0.29, 0.717) is 73.0 Å². The molecule has 2 atom stereocenters.